The summed E-state index contributed by atoms with van der Waals surface area (Å²) in [6.45, 7) is 8.19. The molecule has 0 aliphatic carbocycles. The number of ether oxygens (including phenoxy) is 1. The van der Waals surface area contributed by atoms with E-state index in [9.17, 15) is 0 Å². The van der Waals surface area contributed by atoms with Crippen LogP contribution in [0.2, 0.25) is 0 Å². The van der Waals surface area contributed by atoms with Crippen LogP contribution in [0.25, 0.3) is 0 Å². The Morgan fingerprint density at radius 2 is 2.21 bits per heavy atom. The van der Waals surface area contributed by atoms with Crippen molar-refractivity contribution < 1.29 is 4.74 Å². The minimum Gasteiger partial charge on any atom is -0.379 e. The van der Waals surface area contributed by atoms with Crippen molar-refractivity contribution >= 4 is 0 Å². The van der Waals surface area contributed by atoms with E-state index in [0.29, 0.717) is 0 Å². The SMILES string of the molecule is CCNCC(C#N)CN1CCOCC1. The maximum Gasteiger partial charge on any atom is 0.0714 e. The van der Waals surface area contributed by atoms with Crippen molar-refractivity contribution in [1.29, 1.82) is 5.26 Å². The van der Waals surface area contributed by atoms with E-state index in [1.54, 1.807) is 0 Å². The first kappa shape index (κ1) is 11.4. The number of nitrogens with zero attached hydrogens (tertiary/aromatic N) is 2. The maximum absolute atomic E-state index is 8.94. The Bertz CT molecular complexity index is 184. The molecular formula is C10H19N3O. The first-order valence-corrected chi connectivity index (χ1v) is 5.27. The molecule has 4 nitrogen and oxygen atoms in total. The average molecular weight is 197 g/mol. The van der Waals surface area contributed by atoms with Gasteiger partial charge in [-0.25, -0.2) is 0 Å². The van der Waals surface area contributed by atoms with Crippen molar-refractivity contribution in [2.45, 2.75) is 6.92 Å². The van der Waals surface area contributed by atoms with E-state index < -0.39 is 0 Å². The van der Waals surface area contributed by atoms with Gasteiger partial charge < -0.3 is 10.1 Å². The zero-order chi connectivity index (χ0) is 10.2. The Morgan fingerprint density at radius 3 is 2.79 bits per heavy atom. The smallest absolute Gasteiger partial charge is 0.0714 e. The number of hydrogen-bond donors (Lipinski definition) is 1. The molecule has 1 saturated heterocycles. The summed E-state index contributed by atoms with van der Waals surface area (Å²) < 4.78 is 5.26. The van der Waals surface area contributed by atoms with Crippen LogP contribution < -0.4 is 5.32 Å². The van der Waals surface area contributed by atoms with Crippen LogP contribution in [-0.2, 0) is 4.74 Å². The van der Waals surface area contributed by atoms with E-state index in [4.69, 9.17) is 10.00 Å². The normalized spacial score (nSPS) is 20.3. The number of hydrogen-bond acceptors (Lipinski definition) is 4. The van der Waals surface area contributed by atoms with Crippen LogP contribution in [0.5, 0.6) is 0 Å². The molecule has 4 heteroatoms. The predicted molar refractivity (Wildman–Crippen MR) is 54.9 cm³/mol. The quantitative estimate of drug-likeness (QED) is 0.677. The molecule has 1 rings (SSSR count). The van der Waals surface area contributed by atoms with Gasteiger partial charge in [0.15, 0.2) is 0 Å². The van der Waals surface area contributed by atoms with Gasteiger partial charge in [-0.05, 0) is 6.54 Å². The molecule has 0 aromatic heterocycles. The number of nitriles is 1. The van der Waals surface area contributed by atoms with Gasteiger partial charge in [0.1, 0.15) is 0 Å². The molecule has 1 fully saturated rings. The van der Waals surface area contributed by atoms with Crippen molar-refractivity contribution in [2.75, 3.05) is 45.9 Å². The summed E-state index contributed by atoms with van der Waals surface area (Å²) in [5.74, 6) is 0.105. The highest BCUT2D eigenvalue weighted by atomic mass is 16.5. The second kappa shape index (κ2) is 6.77. The molecule has 1 aliphatic heterocycles. The molecule has 1 unspecified atom stereocenters. The van der Waals surface area contributed by atoms with Crippen LogP contribution in [0, 0.1) is 17.2 Å². The molecule has 1 aliphatic rings. The molecule has 0 saturated carbocycles. The highest BCUT2D eigenvalue weighted by Crippen LogP contribution is 2.02. The Morgan fingerprint density at radius 1 is 1.50 bits per heavy atom. The fourth-order valence-electron chi connectivity index (χ4n) is 1.56. The lowest BCUT2D eigenvalue weighted by Gasteiger charge is -2.28. The maximum atomic E-state index is 8.94. The van der Waals surface area contributed by atoms with Gasteiger partial charge in [-0.2, -0.15) is 5.26 Å². The molecule has 0 bridgehead atoms. The van der Waals surface area contributed by atoms with Gasteiger partial charge >= 0.3 is 0 Å². The van der Waals surface area contributed by atoms with E-state index >= 15 is 0 Å². The zero-order valence-electron chi connectivity index (χ0n) is 8.83. The fraction of sp³-hybridized carbons (Fsp3) is 0.900. The van der Waals surface area contributed by atoms with E-state index in [1.165, 1.54) is 0 Å². The molecule has 1 atom stereocenters. The Balaban J connectivity index is 2.21. The van der Waals surface area contributed by atoms with Gasteiger partial charge in [0, 0.05) is 26.2 Å². The molecule has 0 aromatic rings. The second-order valence-electron chi connectivity index (χ2n) is 3.55. The van der Waals surface area contributed by atoms with Gasteiger partial charge in [-0.15, -0.1) is 0 Å². The third-order valence-corrected chi connectivity index (χ3v) is 2.41. The van der Waals surface area contributed by atoms with Crippen molar-refractivity contribution in [2.24, 2.45) is 5.92 Å². The predicted octanol–water partition coefficient (Wildman–Crippen LogP) is 0.0679. The van der Waals surface area contributed by atoms with Gasteiger partial charge in [0.05, 0.1) is 25.2 Å². The van der Waals surface area contributed by atoms with Gasteiger partial charge in [0.2, 0.25) is 0 Å². The van der Waals surface area contributed by atoms with Gasteiger partial charge in [0.25, 0.3) is 0 Å². The first-order valence-electron chi connectivity index (χ1n) is 5.27. The van der Waals surface area contributed by atoms with Crippen molar-refractivity contribution in [3.8, 4) is 6.07 Å². The summed E-state index contributed by atoms with van der Waals surface area (Å²) in [5, 5.41) is 12.1. The summed E-state index contributed by atoms with van der Waals surface area (Å²) in [7, 11) is 0. The third kappa shape index (κ3) is 4.05. The topological polar surface area (TPSA) is 48.3 Å². The Kier molecular flexibility index (Phi) is 5.53. The standard InChI is InChI=1S/C10H19N3O/c1-2-12-8-10(7-11)9-13-3-5-14-6-4-13/h10,12H,2-6,8-9H2,1H3. The van der Waals surface area contributed by atoms with Crippen LogP contribution in [-0.4, -0.2) is 50.8 Å². The van der Waals surface area contributed by atoms with Gasteiger partial charge in [-0.3, -0.25) is 4.90 Å². The molecule has 80 valence electrons. The lowest BCUT2D eigenvalue weighted by atomic mass is 10.1. The van der Waals surface area contributed by atoms with E-state index in [2.05, 4.69) is 23.2 Å². The largest absolute Gasteiger partial charge is 0.379 e. The summed E-state index contributed by atoms with van der Waals surface area (Å²) in [6.07, 6.45) is 0. The fourth-order valence-corrected chi connectivity index (χ4v) is 1.56. The monoisotopic (exact) mass is 197 g/mol. The van der Waals surface area contributed by atoms with Crippen molar-refractivity contribution in [3.63, 3.8) is 0 Å². The van der Waals surface area contributed by atoms with Crippen molar-refractivity contribution in [1.82, 2.24) is 10.2 Å². The Labute approximate surface area is 85.8 Å². The summed E-state index contributed by atoms with van der Waals surface area (Å²) in [6, 6.07) is 2.34. The van der Waals surface area contributed by atoms with Crippen LogP contribution >= 0.6 is 0 Å². The molecule has 0 aromatic carbocycles. The highest BCUT2D eigenvalue weighted by molar-refractivity contribution is 4.87. The molecule has 0 radical (unpaired) electrons. The summed E-state index contributed by atoms with van der Waals surface area (Å²) in [5.41, 5.74) is 0. The highest BCUT2D eigenvalue weighted by Gasteiger charge is 2.15. The minimum absolute atomic E-state index is 0.105. The molecule has 0 spiro atoms. The lowest BCUT2D eigenvalue weighted by molar-refractivity contribution is 0.0338. The Hall–Kier alpha value is -0.630. The first-order chi connectivity index (χ1) is 6.86. The van der Waals surface area contributed by atoms with E-state index in [1.807, 2.05) is 0 Å². The van der Waals surface area contributed by atoms with E-state index in [0.717, 1.165) is 45.9 Å². The zero-order valence-corrected chi connectivity index (χ0v) is 8.83. The number of rotatable bonds is 5. The summed E-state index contributed by atoms with van der Waals surface area (Å²) in [4.78, 5) is 2.30. The number of morpholine rings is 1. The third-order valence-electron chi connectivity index (χ3n) is 2.41. The molecule has 0 amide bonds. The molecule has 14 heavy (non-hydrogen) atoms. The second-order valence-corrected chi connectivity index (χ2v) is 3.55. The molecular weight excluding hydrogens is 178 g/mol. The average Bonchev–Trinajstić information content (AvgIpc) is 2.25. The molecule has 1 heterocycles. The number of nitrogens with one attached hydrogen (secondary N) is 1. The lowest BCUT2D eigenvalue weighted by Crippen LogP contribution is -2.41. The van der Waals surface area contributed by atoms with Gasteiger partial charge in [-0.1, -0.05) is 6.92 Å². The van der Waals surface area contributed by atoms with Crippen LogP contribution in [0.3, 0.4) is 0 Å². The van der Waals surface area contributed by atoms with Crippen LogP contribution in [0.4, 0.5) is 0 Å². The van der Waals surface area contributed by atoms with Crippen LogP contribution in [0.15, 0.2) is 0 Å². The summed E-state index contributed by atoms with van der Waals surface area (Å²) >= 11 is 0. The van der Waals surface area contributed by atoms with Crippen molar-refractivity contribution in [3.05, 3.63) is 0 Å². The van der Waals surface area contributed by atoms with E-state index in [-0.39, 0.29) is 5.92 Å². The van der Waals surface area contributed by atoms with Crippen LogP contribution in [0.1, 0.15) is 6.92 Å². The minimum atomic E-state index is 0.105. The molecule has 1 N–H and O–H groups in total.